The number of anilines is 1. The van der Waals surface area contributed by atoms with E-state index >= 15 is 0 Å². The number of fused-ring (bicyclic) bond motifs is 1. The van der Waals surface area contributed by atoms with Crippen molar-refractivity contribution in [3.8, 4) is 0 Å². The van der Waals surface area contributed by atoms with Crippen LogP contribution < -0.4 is 11.0 Å². The first kappa shape index (κ1) is 12.2. The van der Waals surface area contributed by atoms with E-state index in [1.807, 2.05) is 11.4 Å². The second-order valence-corrected chi connectivity index (χ2v) is 5.56. The van der Waals surface area contributed by atoms with Gasteiger partial charge >= 0.3 is 5.69 Å². The molecule has 0 saturated carbocycles. The van der Waals surface area contributed by atoms with Crippen molar-refractivity contribution in [3.05, 3.63) is 21.9 Å². The number of nitrogens with one attached hydrogen (secondary N) is 2. The maximum Gasteiger partial charge on any atom is 0.343 e. The van der Waals surface area contributed by atoms with Crippen molar-refractivity contribution < 1.29 is 0 Å². The molecule has 0 aromatic carbocycles. The van der Waals surface area contributed by atoms with Gasteiger partial charge in [-0.2, -0.15) is 0 Å². The minimum atomic E-state index is -0.244. The Balaban J connectivity index is 2.11. The number of hydrogen-bond acceptors (Lipinski definition) is 7. The molecular weight excluding hydrogens is 284 g/mol. The Morgan fingerprint density at radius 2 is 2.32 bits per heavy atom. The van der Waals surface area contributed by atoms with Crippen LogP contribution in [0.3, 0.4) is 0 Å². The molecule has 0 saturated heterocycles. The summed E-state index contributed by atoms with van der Waals surface area (Å²) >= 11 is 2.88. The first-order valence-corrected chi connectivity index (χ1v) is 7.11. The number of aromatic amines is 1. The van der Waals surface area contributed by atoms with Crippen LogP contribution in [0.5, 0.6) is 0 Å². The highest BCUT2D eigenvalue weighted by molar-refractivity contribution is 7.99. The van der Waals surface area contributed by atoms with Crippen LogP contribution >= 0.6 is 23.1 Å². The SMILES string of the molecule is CNc1nc(Sc2n[nH]c(=O)n2C)c2ccsc2n1. The Kier molecular flexibility index (Phi) is 2.99. The predicted octanol–water partition coefficient (Wildman–Crippen LogP) is 1.31. The minimum absolute atomic E-state index is 0.244. The Hall–Kier alpha value is -1.87. The number of rotatable bonds is 3. The second-order valence-electron chi connectivity index (χ2n) is 3.71. The van der Waals surface area contributed by atoms with E-state index in [0.717, 1.165) is 15.2 Å². The first-order chi connectivity index (χ1) is 9.19. The van der Waals surface area contributed by atoms with Crippen LogP contribution in [0.2, 0.25) is 0 Å². The summed E-state index contributed by atoms with van der Waals surface area (Å²) in [7, 11) is 3.44. The van der Waals surface area contributed by atoms with E-state index in [-0.39, 0.29) is 5.69 Å². The number of H-pyrrole nitrogens is 1. The highest BCUT2D eigenvalue weighted by Crippen LogP contribution is 2.32. The van der Waals surface area contributed by atoms with Gasteiger partial charge < -0.3 is 5.32 Å². The van der Waals surface area contributed by atoms with Gasteiger partial charge in [-0.3, -0.25) is 4.57 Å². The number of thiophene rings is 1. The first-order valence-electron chi connectivity index (χ1n) is 5.41. The molecule has 3 aromatic rings. The molecule has 0 aliphatic heterocycles. The summed E-state index contributed by atoms with van der Waals surface area (Å²) in [6.45, 7) is 0. The van der Waals surface area contributed by atoms with Crippen LogP contribution in [-0.2, 0) is 7.05 Å². The summed E-state index contributed by atoms with van der Waals surface area (Å²) in [6, 6.07) is 1.96. The summed E-state index contributed by atoms with van der Waals surface area (Å²) in [5, 5.41) is 13.6. The number of aromatic nitrogens is 5. The topological polar surface area (TPSA) is 88.5 Å². The molecule has 0 radical (unpaired) electrons. The fourth-order valence-electron chi connectivity index (χ4n) is 1.53. The summed E-state index contributed by atoms with van der Waals surface area (Å²) in [4.78, 5) is 21.0. The van der Waals surface area contributed by atoms with E-state index in [1.165, 1.54) is 16.3 Å². The maximum atomic E-state index is 11.4. The molecule has 0 spiro atoms. The van der Waals surface area contributed by atoms with Gasteiger partial charge in [0.1, 0.15) is 9.86 Å². The standard InChI is InChI=1S/C10H10N6OS2/c1-11-8-12-6-5(3-4-18-6)7(13-8)19-10-15-14-9(17)16(10)2/h3-4H,1-2H3,(H,14,17)(H,11,12,13). The van der Waals surface area contributed by atoms with Crippen LogP contribution in [0.4, 0.5) is 5.95 Å². The van der Waals surface area contributed by atoms with Gasteiger partial charge in [-0.15, -0.1) is 16.4 Å². The van der Waals surface area contributed by atoms with E-state index < -0.39 is 0 Å². The van der Waals surface area contributed by atoms with E-state index in [9.17, 15) is 4.79 Å². The Bertz CT molecular complexity index is 789. The van der Waals surface area contributed by atoms with E-state index in [4.69, 9.17) is 0 Å². The second kappa shape index (κ2) is 4.67. The molecule has 0 unspecified atom stereocenters. The smallest absolute Gasteiger partial charge is 0.343 e. The lowest BCUT2D eigenvalue weighted by Crippen LogP contribution is -2.12. The molecule has 0 aliphatic carbocycles. The lowest BCUT2D eigenvalue weighted by molar-refractivity contribution is 0.765. The summed E-state index contributed by atoms with van der Waals surface area (Å²) in [5.41, 5.74) is -0.244. The Labute approximate surface area is 116 Å². The molecule has 0 bridgehead atoms. The normalized spacial score (nSPS) is 11.1. The zero-order valence-electron chi connectivity index (χ0n) is 10.2. The summed E-state index contributed by atoms with van der Waals surface area (Å²) in [5.74, 6) is 0.554. The molecule has 9 heteroatoms. The third-order valence-corrected chi connectivity index (χ3v) is 4.40. The lowest BCUT2D eigenvalue weighted by Gasteiger charge is -2.04. The number of nitrogens with zero attached hydrogens (tertiary/aromatic N) is 4. The van der Waals surface area contributed by atoms with Gasteiger partial charge in [0.05, 0.1) is 0 Å². The predicted molar refractivity (Wildman–Crippen MR) is 74.9 cm³/mol. The van der Waals surface area contributed by atoms with Crippen LogP contribution in [0.1, 0.15) is 0 Å². The molecule has 0 amide bonds. The van der Waals surface area contributed by atoms with Gasteiger partial charge in [0, 0.05) is 19.5 Å². The fraction of sp³-hybridized carbons (Fsp3) is 0.200. The van der Waals surface area contributed by atoms with Crippen molar-refractivity contribution in [3.63, 3.8) is 0 Å². The van der Waals surface area contributed by atoms with Gasteiger partial charge in [0.25, 0.3) is 0 Å². The quantitative estimate of drug-likeness (QED) is 0.708. The molecule has 0 aliphatic rings. The molecular formula is C10H10N6OS2. The van der Waals surface area contributed by atoms with Crippen molar-refractivity contribution >= 4 is 39.3 Å². The van der Waals surface area contributed by atoms with E-state index in [0.29, 0.717) is 11.1 Å². The summed E-state index contributed by atoms with van der Waals surface area (Å²) < 4.78 is 1.45. The largest absolute Gasteiger partial charge is 0.357 e. The average molecular weight is 294 g/mol. The van der Waals surface area contributed by atoms with E-state index in [1.54, 1.807) is 25.4 Å². The third-order valence-electron chi connectivity index (χ3n) is 2.54. The van der Waals surface area contributed by atoms with Crippen LogP contribution in [0.15, 0.2) is 26.4 Å². The van der Waals surface area contributed by atoms with E-state index in [2.05, 4.69) is 25.5 Å². The zero-order chi connectivity index (χ0) is 13.4. The minimum Gasteiger partial charge on any atom is -0.357 e. The molecule has 0 atom stereocenters. The average Bonchev–Trinajstić information content (AvgIpc) is 3.00. The zero-order valence-corrected chi connectivity index (χ0v) is 11.8. The molecule has 3 aromatic heterocycles. The lowest BCUT2D eigenvalue weighted by atomic mass is 10.4. The highest BCUT2D eigenvalue weighted by atomic mass is 32.2. The van der Waals surface area contributed by atoms with Crippen LogP contribution in [-0.4, -0.2) is 31.8 Å². The van der Waals surface area contributed by atoms with Crippen LogP contribution in [0.25, 0.3) is 10.2 Å². The van der Waals surface area contributed by atoms with Crippen molar-refractivity contribution in [2.24, 2.45) is 7.05 Å². The molecule has 2 N–H and O–H groups in total. The van der Waals surface area contributed by atoms with Crippen molar-refractivity contribution in [2.45, 2.75) is 10.2 Å². The van der Waals surface area contributed by atoms with Gasteiger partial charge in [0.15, 0.2) is 5.16 Å². The van der Waals surface area contributed by atoms with Crippen molar-refractivity contribution in [1.82, 2.24) is 24.7 Å². The summed E-state index contributed by atoms with van der Waals surface area (Å²) in [6.07, 6.45) is 0. The highest BCUT2D eigenvalue weighted by Gasteiger charge is 2.13. The molecule has 98 valence electrons. The van der Waals surface area contributed by atoms with Crippen LogP contribution in [0, 0.1) is 0 Å². The Morgan fingerprint density at radius 1 is 1.47 bits per heavy atom. The Morgan fingerprint density at radius 3 is 3.00 bits per heavy atom. The molecule has 3 heterocycles. The third kappa shape index (κ3) is 2.10. The van der Waals surface area contributed by atoms with Gasteiger partial charge in [-0.1, -0.05) is 0 Å². The molecule has 19 heavy (non-hydrogen) atoms. The number of hydrogen-bond donors (Lipinski definition) is 2. The molecule has 0 fully saturated rings. The van der Waals surface area contributed by atoms with Gasteiger partial charge in [0.2, 0.25) is 5.95 Å². The van der Waals surface area contributed by atoms with Crippen molar-refractivity contribution in [2.75, 3.05) is 12.4 Å². The van der Waals surface area contributed by atoms with Gasteiger partial charge in [-0.25, -0.2) is 19.9 Å². The van der Waals surface area contributed by atoms with Crippen molar-refractivity contribution in [1.29, 1.82) is 0 Å². The molecule has 7 nitrogen and oxygen atoms in total. The maximum absolute atomic E-state index is 11.4. The fourth-order valence-corrected chi connectivity index (χ4v) is 3.25. The molecule has 3 rings (SSSR count). The van der Waals surface area contributed by atoms with Gasteiger partial charge in [-0.05, 0) is 23.2 Å². The monoisotopic (exact) mass is 294 g/mol.